The number of nitrogens with zero attached hydrogens (tertiary/aromatic N) is 3. The van der Waals surface area contributed by atoms with E-state index in [-0.39, 0.29) is 13.2 Å². The number of nitrogens with one attached hydrogen (secondary N) is 1. The fourth-order valence-corrected chi connectivity index (χ4v) is 3.53. The molecule has 2 aliphatic rings. The van der Waals surface area contributed by atoms with Crippen LogP contribution in [-0.2, 0) is 22.6 Å². The first-order valence-corrected chi connectivity index (χ1v) is 9.02. The number of hydrogen-bond donors (Lipinski definition) is 2. The van der Waals surface area contributed by atoms with Crippen LogP contribution in [0.5, 0.6) is 0 Å². The van der Waals surface area contributed by atoms with Gasteiger partial charge in [-0.2, -0.15) is 0 Å². The van der Waals surface area contributed by atoms with Gasteiger partial charge in [0.05, 0.1) is 35.9 Å². The summed E-state index contributed by atoms with van der Waals surface area (Å²) >= 11 is 5.91. The van der Waals surface area contributed by atoms with Gasteiger partial charge in [0.2, 0.25) is 0 Å². The predicted molar refractivity (Wildman–Crippen MR) is 93.4 cm³/mol. The monoisotopic (exact) mass is 382 g/mol. The van der Waals surface area contributed by atoms with Crippen molar-refractivity contribution in [2.24, 2.45) is 0 Å². The molecule has 2 aliphatic heterocycles. The van der Waals surface area contributed by atoms with Crippen molar-refractivity contribution in [2.75, 3.05) is 26.3 Å². The third kappa shape index (κ3) is 3.18. The fraction of sp³-hybridized carbons (Fsp3) is 0.529. The summed E-state index contributed by atoms with van der Waals surface area (Å²) < 4.78 is 21.9. The first-order valence-electron chi connectivity index (χ1n) is 8.64. The third-order valence-electron chi connectivity index (χ3n) is 4.96. The van der Waals surface area contributed by atoms with E-state index < -0.39 is 17.8 Å². The van der Waals surface area contributed by atoms with Gasteiger partial charge in [0.25, 0.3) is 5.91 Å². The normalized spacial score (nSPS) is 20.7. The number of hydrogen-bond acceptors (Lipinski definition) is 5. The topological polar surface area (TPSA) is 79.6 Å². The van der Waals surface area contributed by atoms with Crippen LogP contribution in [0.1, 0.15) is 12.1 Å². The molecular weight excluding hydrogens is 363 g/mol. The minimum absolute atomic E-state index is 0.0594. The highest BCUT2D eigenvalue weighted by atomic mass is 35.5. The molecule has 2 aromatic heterocycles. The van der Waals surface area contributed by atoms with Gasteiger partial charge in [-0.25, -0.2) is 9.37 Å². The second-order valence-corrected chi connectivity index (χ2v) is 7.13. The standard InChI is InChI=1S/C17H20ClFN4O3/c18-10-5-12-15(19)13-7-22(3-4-23(13)16(12)21-6-10)17(25)14(24)9-26-8-11-1-2-20-11/h5-6,11,14,20,24H,1-4,7-9H2. The van der Waals surface area contributed by atoms with E-state index in [1.807, 2.05) is 0 Å². The number of aromatic nitrogens is 2. The molecule has 2 N–H and O–H groups in total. The Morgan fingerprint density at radius 3 is 3.08 bits per heavy atom. The number of aliphatic hydroxyl groups is 1. The molecule has 0 radical (unpaired) electrons. The highest BCUT2D eigenvalue weighted by Gasteiger charge is 2.30. The number of rotatable bonds is 5. The van der Waals surface area contributed by atoms with Crippen molar-refractivity contribution < 1.29 is 19.0 Å². The zero-order valence-electron chi connectivity index (χ0n) is 14.1. The highest BCUT2D eigenvalue weighted by molar-refractivity contribution is 6.31. The van der Waals surface area contributed by atoms with Crippen LogP contribution in [0.15, 0.2) is 12.3 Å². The van der Waals surface area contributed by atoms with E-state index in [1.165, 1.54) is 17.2 Å². The SMILES string of the molecule is O=C(C(O)COCC1CCN1)N1CCn2c(c(F)c3cc(Cl)cnc32)C1. The van der Waals surface area contributed by atoms with Crippen LogP contribution < -0.4 is 5.32 Å². The number of carbonyl (C=O) groups excluding carboxylic acids is 1. The lowest BCUT2D eigenvalue weighted by molar-refractivity contribution is -0.145. The quantitative estimate of drug-likeness (QED) is 0.803. The zero-order chi connectivity index (χ0) is 18.3. The third-order valence-corrected chi connectivity index (χ3v) is 5.16. The molecule has 4 rings (SSSR count). The average molecular weight is 383 g/mol. The summed E-state index contributed by atoms with van der Waals surface area (Å²) in [7, 11) is 0. The van der Waals surface area contributed by atoms with Crippen LogP contribution in [0.3, 0.4) is 0 Å². The summed E-state index contributed by atoms with van der Waals surface area (Å²) in [6.45, 7) is 2.26. The highest BCUT2D eigenvalue weighted by Crippen LogP contribution is 2.29. The van der Waals surface area contributed by atoms with E-state index in [1.54, 1.807) is 4.57 Å². The molecule has 1 amide bonds. The fourth-order valence-electron chi connectivity index (χ4n) is 3.37. The first kappa shape index (κ1) is 17.7. The van der Waals surface area contributed by atoms with E-state index in [4.69, 9.17) is 16.3 Å². The molecule has 4 heterocycles. The van der Waals surface area contributed by atoms with E-state index in [9.17, 15) is 14.3 Å². The van der Waals surface area contributed by atoms with Gasteiger partial charge in [-0.05, 0) is 19.0 Å². The zero-order valence-corrected chi connectivity index (χ0v) is 14.9. The van der Waals surface area contributed by atoms with Gasteiger partial charge >= 0.3 is 0 Å². The van der Waals surface area contributed by atoms with Gasteiger partial charge in [0.15, 0.2) is 11.9 Å². The van der Waals surface area contributed by atoms with Crippen molar-refractivity contribution in [1.82, 2.24) is 19.8 Å². The molecule has 0 bridgehead atoms. The molecule has 1 fully saturated rings. The summed E-state index contributed by atoms with van der Waals surface area (Å²) in [6.07, 6.45) is 1.27. The molecular formula is C17H20ClFN4O3. The Morgan fingerprint density at radius 2 is 2.35 bits per heavy atom. The Hall–Kier alpha value is -1.74. The van der Waals surface area contributed by atoms with Crippen LogP contribution in [0.2, 0.25) is 5.02 Å². The van der Waals surface area contributed by atoms with Crippen molar-refractivity contribution in [3.8, 4) is 0 Å². The number of aliphatic hydroxyl groups excluding tert-OH is 1. The largest absolute Gasteiger partial charge is 0.381 e. The van der Waals surface area contributed by atoms with Crippen molar-refractivity contribution in [3.05, 3.63) is 28.8 Å². The second-order valence-electron chi connectivity index (χ2n) is 6.69. The van der Waals surface area contributed by atoms with Gasteiger partial charge in [0, 0.05) is 25.3 Å². The molecule has 9 heteroatoms. The summed E-state index contributed by atoms with van der Waals surface area (Å²) in [5, 5.41) is 14.0. The van der Waals surface area contributed by atoms with E-state index in [0.29, 0.717) is 47.5 Å². The van der Waals surface area contributed by atoms with E-state index in [2.05, 4.69) is 10.3 Å². The maximum atomic E-state index is 14.7. The van der Waals surface area contributed by atoms with Crippen molar-refractivity contribution in [3.63, 3.8) is 0 Å². The Kier molecular flexibility index (Phi) is 4.83. The van der Waals surface area contributed by atoms with Crippen LogP contribution in [-0.4, -0.2) is 63.9 Å². The maximum absolute atomic E-state index is 14.7. The molecule has 26 heavy (non-hydrogen) atoms. The first-order chi connectivity index (χ1) is 12.5. The molecule has 140 valence electrons. The summed E-state index contributed by atoms with van der Waals surface area (Å²) in [5.74, 6) is -0.872. The number of carbonyl (C=O) groups is 1. The van der Waals surface area contributed by atoms with E-state index in [0.717, 1.165) is 13.0 Å². The molecule has 0 spiro atoms. The van der Waals surface area contributed by atoms with Crippen molar-refractivity contribution in [1.29, 1.82) is 0 Å². The molecule has 1 saturated heterocycles. The Bertz CT molecular complexity index is 839. The molecule has 2 unspecified atom stereocenters. The molecule has 0 saturated carbocycles. The van der Waals surface area contributed by atoms with E-state index >= 15 is 0 Å². The van der Waals surface area contributed by atoms with Crippen LogP contribution in [0, 0.1) is 5.82 Å². The Morgan fingerprint density at radius 1 is 1.54 bits per heavy atom. The lowest BCUT2D eigenvalue weighted by atomic mass is 10.1. The molecule has 7 nitrogen and oxygen atoms in total. The van der Waals surface area contributed by atoms with Crippen molar-refractivity contribution >= 4 is 28.5 Å². The lowest BCUT2D eigenvalue weighted by Gasteiger charge is -2.31. The smallest absolute Gasteiger partial charge is 0.254 e. The van der Waals surface area contributed by atoms with Crippen LogP contribution in [0.25, 0.3) is 11.0 Å². The molecule has 2 aromatic rings. The molecule has 2 atom stereocenters. The molecule has 0 aliphatic carbocycles. The van der Waals surface area contributed by atoms with Gasteiger partial charge in [-0.15, -0.1) is 0 Å². The minimum Gasteiger partial charge on any atom is -0.381 e. The minimum atomic E-state index is -1.25. The van der Waals surface area contributed by atoms with Gasteiger partial charge < -0.3 is 24.6 Å². The van der Waals surface area contributed by atoms with Gasteiger partial charge in [-0.3, -0.25) is 4.79 Å². The second kappa shape index (κ2) is 7.11. The maximum Gasteiger partial charge on any atom is 0.254 e. The van der Waals surface area contributed by atoms with Gasteiger partial charge in [0.1, 0.15) is 5.65 Å². The van der Waals surface area contributed by atoms with Crippen LogP contribution >= 0.6 is 11.6 Å². The lowest BCUT2D eigenvalue weighted by Crippen LogP contribution is -2.48. The average Bonchev–Trinajstić information content (AvgIpc) is 2.88. The summed E-state index contributed by atoms with van der Waals surface area (Å²) in [5.41, 5.74) is 0.895. The summed E-state index contributed by atoms with van der Waals surface area (Å²) in [6, 6.07) is 1.84. The Labute approximate surface area is 154 Å². The number of pyridine rings is 1. The van der Waals surface area contributed by atoms with Crippen LogP contribution in [0.4, 0.5) is 4.39 Å². The molecule has 0 aromatic carbocycles. The number of amides is 1. The van der Waals surface area contributed by atoms with Gasteiger partial charge in [-0.1, -0.05) is 11.6 Å². The number of halogens is 2. The van der Waals surface area contributed by atoms with Crippen molar-refractivity contribution in [2.45, 2.75) is 31.7 Å². The Balaban J connectivity index is 1.43. The summed E-state index contributed by atoms with van der Waals surface area (Å²) in [4.78, 5) is 18.1. The number of ether oxygens (including phenoxy) is 1. The predicted octanol–water partition coefficient (Wildman–Crippen LogP) is 0.910. The number of fused-ring (bicyclic) bond motifs is 3.